The first kappa shape index (κ1) is 102. The lowest BCUT2D eigenvalue weighted by Gasteiger charge is -2.36. The van der Waals surface area contributed by atoms with Gasteiger partial charge in [-0.3, -0.25) is 38.4 Å². The van der Waals surface area contributed by atoms with Gasteiger partial charge in [0, 0.05) is 96.3 Å². The minimum Gasteiger partial charge on any atom is -0.507 e. The average Bonchev–Trinajstić information content (AvgIpc) is 0.788. The molecule has 0 saturated carbocycles. The Kier molecular flexibility index (Phi) is 39.0. The first-order valence-corrected chi connectivity index (χ1v) is 46.7. The van der Waals surface area contributed by atoms with E-state index in [1.165, 1.54) is 56.9 Å². The number of methoxy groups -OCH3 is 15. The highest BCUT2D eigenvalue weighted by atomic mass is 127. The van der Waals surface area contributed by atoms with Crippen LogP contribution in [0.3, 0.4) is 0 Å². The van der Waals surface area contributed by atoms with E-state index in [2.05, 4.69) is 68.6 Å². The van der Waals surface area contributed by atoms with E-state index in [0.29, 0.717) is 102 Å². The number of hydrogen-bond acceptors (Lipinski definition) is 25. The number of hydrogen-bond donors (Lipinski definition) is 1. The lowest BCUT2D eigenvalue weighted by molar-refractivity contribution is -0.141. The third kappa shape index (κ3) is 28.2. The van der Waals surface area contributed by atoms with Gasteiger partial charge in [0.25, 0.3) is 0 Å². The Morgan fingerprint density at radius 1 is 0.250 bits per heavy atom. The number of phenolic OH excluding ortho intramolecular Hbond substituents is 1. The zero-order valence-electron chi connectivity index (χ0n) is 77.8. The lowest BCUT2D eigenvalue weighted by Crippen LogP contribution is -2.40. The van der Waals surface area contributed by atoms with Crippen LogP contribution in [0.1, 0.15) is 200 Å². The molecule has 8 aromatic carbocycles. The van der Waals surface area contributed by atoms with Gasteiger partial charge in [0.15, 0.2) is 8.32 Å². The van der Waals surface area contributed by atoms with Crippen molar-refractivity contribution < 1.29 is 119 Å². The largest absolute Gasteiger partial charge is 0.507 e. The molecule has 0 heterocycles. The van der Waals surface area contributed by atoms with Crippen LogP contribution in [-0.2, 0) is 184 Å². The maximum atomic E-state index is 13.2. The number of halogens is 1. The minimum atomic E-state index is -2.21. The maximum absolute atomic E-state index is 13.2. The molecule has 0 aliphatic rings. The highest BCUT2D eigenvalue weighted by molar-refractivity contribution is 14.1. The lowest BCUT2D eigenvalue weighted by atomic mass is 9.86. The Morgan fingerprint density at radius 3 is 0.586 bits per heavy atom. The zero-order valence-corrected chi connectivity index (χ0v) is 81.0. The first-order valence-electron chi connectivity index (χ1n) is 42.7. The Morgan fingerprint density at radius 2 is 0.414 bits per heavy atom. The Labute approximate surface area is 767 Å². The summed E-state index contributed by atoms with van der Waals surface area (Å²) in [6.07, 6.45) is 5.22. The van der Waals surface area contributed by atoms with Gasteiger partial charge in [0.1, 0.15) is 46.0 Å². The molecule has 0 fully saturated rings. The van der Waals surface area contributed by atoms with Gasteiger partial charge in [0.05, 0.1) is 117 Å². The van der Waals surface area contributed by atoms with Gasteiger partial charge >= 0.3 is 47.8 Å². The molecule has 25 nitrogen and oxygen atoms in total. The summed E-state index contributed by atoms with van der Waals surface area (Å²) in [5.41, 5.74) is 18.9. The van der Waals surface area contributed by atoms with E-state index in [0.717, 1.165) is 128 Å². The molecule has 0 spiro atoms. The van der Waals surface area contributed by atoms with Crippen molar-refractivity contribution in [1.82, 2.24) is 0 Å². The van der Waals surface area contributed by atoms with Gasteiger partial charge in [-0.15, -0.1) is 0 Å². The van der Waals surface area contributed by atoms with Crippen molar-refractivity contribution >= 4 is 78.7 Å². The summed E-state index contributed by atoms with van der Waals surface area (Å²) in [6.45, 7) is 11.3. The van der Waals surface area contributed by atoms with Crippen molar-refractivity contribution in [3.05, 3.63) is 229 Å². The smallest absolute Gasteiger partial charge is 0.305 e. The van der Waals surface area contributed by atoms with Crippen LogP contribution in [-0.4, -0.2) is 168 Å². The van der Waals surface area contributed by atoms with Crippen molar-refractivity contribution in [2.75, 3.05) is 107 Å². The van der Waals surface area contributed by atoms with Gasteiger partial charge in [-0.25, -0.2) is 0 Å². The van der Waals surface area contributed by atoms with Gasteiger partial charge in [0.2, 0.25) is 0 Å². The van der Waals surface area contributed by atoms with E-state index in [1.54, 1.807) is 55.8 Å². The number of ether oxygens (including phenoxy) is 15. The van der Waals surface area contributed by atoms with E-state index in [1.807, 2.05) is 78.9 Å². The van der Waals surface area contributed by atoms with Crippen LogP contribution in [0, 0.1) is 3.57 Å². The van der Waals surface area contributed by atoms with E-state index >= 15 is 0 Å². The first-order chi connectivity index (χ1) is 61.2. The molecule has 128 heavy (non-hydrogen) atoms. The second-order valence-electron chi connectivity index (χ2n) is 33.0. The SMILES string of the molecule is COC(=O)CCc1cc(Cc2cc(OC)c(Cc3cc(OC)c(Cc4cc(OC)c(Cc5cc(OC)c(Cc6cc(OC)c(Cc7cc(OC)c(Cc8cc(O)c(I)cc8CCC(=O)OC)cc7CCC(=O)OC)cc6CCC(=O)OC)cc5CCC(=O)OC)cc4CCC(=O)OC)cc3CCC(=O)OC)cc2CCC(=O)OC)c(OC)cc1CO[Si](C)(C)C(C)(C)C. The quantitative estimate of drug-likeness (QED) is 0.0160. The van der Waals surface area contributed by atoms with E-state index in [4.69, 9.17) is 75.5 Å². The molecule has 0 amide bonds. The Hall–Kier alpha value is -11.2. The van der Waals surface area contributed by atoms with Gasteiger partial charge in [-0.05, 0) is 275 Å². The zero-order chi connectivity index (χ0) is 93.7. The number of carbonyl (C=O) groups is 8. The second-order valence-corrected chi connectivity index (χ2v) is 39.0. The third-order valence-corrected chi connectivity index (χ3v) is 29.5. The van der Waals surface area contributed by atoms with Crippen LogP contribution in [0.15, 0.2) is 97.1 Å². The van der Waals surface area contributed by atoms with Gasteiger partial charge < -0.3 is 80.6 Å². The van der Waals surface area contributed by atoms with Crippen LogP contribution in [0.2, 0.25) is 18.1 Å². The van der Waals surface area contributed by atoms with Crippen LogP contribution in [0.4, 0.5) is 0 Å². The third-order valence-electron chi connectivity index (χ3n) is 24.2. The highest BCUT2D eigenvalue weighted by Crippen LogP contribution is 2.43. The number of aryl methyl sites for hydroxylation is 8. The predicted octanol–water partition coefficient (Wildman–Crippen LogP) is 16.6. The number of carbonyl (C=O) groups excluding carboxylic acids is 8. The summed E-state index contributed by atoms with van der Waals surface area (Å²) in [4.78, 5) is 104. The van der Waals surface area contributed by atoms with Crippen LogP contribution >= 0.6 is 22.6 Å². The molecular weight excluding hydrogens is 1770 g/mol. The molecule has 0 aliphatic carbocycles. The summed E-state index contributed by atoms with van der Waals surface area (Å²) < 4.78 is 92.3. The van der Waals surface area contributed by atoms with Crippen molar-refractivity contribution in [3.63, 3.8) is 0 Å². The fourth-order valence-electron chi connectivity index (χ4n) is 15.7. The standard InChI is InChI=1S/C101H125IO25Si/c1-101(2,3)128(19,20)127-60-83-59-92(118-10)82(43-67(83)27-35-99(110)125-17)50-75-58-91(117-9)81(42-66(75)26-34-98(109)124-16)49-74-57-90(116-8)80(41-65(74)25-33-97(108)123-15)48-73-56-89(115-7)79(40-64(73)24-32-96(107)122-14)47-72-55-88(114-6)78(39-63(72)23-31-95(106)121-13)46-71-54-87(113-5)77(38-62(71)22-30-94(105)120-12)45-70-53-86(112-4)76(37-61(70)21-29-93(104)119-11)44-69-52-85(103)84(102)51-68(69)28-36-100(111)126-18/h37-43,51-59,103H,21-36,44-50,60H2,1-20H3. The molecule has 0 aromatic heterocycles. The molecule has 27 heteroatoms. The molecular formula is C101H125IO25Si. The van der Waals surface area contributed by atoms with Crippen molar-refractivity contribution in [3.8, 4) is 46.0 Å². The Bertz CT molecular complexity index is 5270. The van der Waals surface area contributed by atoms with Crippen LogP contribution < -0.4 is 33.2 Å². The number of benzene rings is 8. The number of esters is 8. The minimum absolute atomic E-state index is 0.0353. The second kappa shape index (κ2) is 48.8. The predicted molar refractivity (Wildman–Crippen MR) is 496 cm³/mol. The summed E-state index contributed by atoms with van der Waals surface area (Å²) in [5.74, 6) is 0.836. The summed E-state index contributed by atoms with van der Waals surface area (Å²) in [6, 6.07) is 31.6. The van der Waals surface area contributed by atoms with Gasteiger partial charge in [-0.2, -0.15) is 0 Å². The normalized spacial score (nSPS) is 11.3. The van der Waals surface area contributed by atoms with Crippen LogP contribution in [0.5, 0.6) is 46.0 Å². The van der Waals surface area contributed by atoms with E-state index in [9.17, 15) is 43.5 Å². The number of aromatic hydroxyl groups is 1. The van der Waals surface area contributed by atoms with Gasteiger partial charge in [-0.1, -0.05) is 63.2 Å². The molecule has 1 N–H and O–H groups in total. The molecule has 0 unspecified atom stereocenters. The fraction of sp³-hybridized carbons (Fsp3) is 0.446. The topological polar surface area (TPSA) is 304 Å². The fourth-order valence-corrected chi connectivity index (χ4v) is 17.2. The number of rotatable bonds is 48. The summed E-state index contributed by atoms with van der Waals surface area (Å²) >= 11 is 2.06. The number of phenols is 1. The molecule has 8 rings (SSSR count). The molecule has 0 atom stereocenters. The van der Waals surface area contributed by atoms with Crippen molar-refractivity contribution in [1.29, 1.82) is 0 Å². The molecule has 0 saturated heterocycles. The average molecular weight is 1890 g/mol. The summed E-state index contributed by atoms with van der Waals surface area (Å²) in [7, 11) is 19.8. The van der Waals surface area contributed by atoms with Crippen molar-refractivity contribution in [2.45, 2.75) is 193 Å². The molecule has 0 radical (unpaired) electrons. The van der Waals surface area contributed by atoms with Crippen LogP contribution in [0.25, 0.3) is 0 Å². The van der Waals surface area contributed by atoms with E-state index < -0.39 is 38.2 Å². The molecule has 690 valence electrons. The van der Waals surface area contributed by atoms with E-state index in [-0.39, 0.29) is 125 Å². The monoisotopic (exact) mass is 1890 g/mol. The molecule has 0 bridgehead atoms. The maximum Gasteiger partial charge on any atom is 0.305 e. The molecule has 0 aliphatic heterocycles. The highest BCUT2D eigenvalue weighted by Gasteiger charge is 2.38. The molecule has 8 aromatic rings. The van der Waals surface area contributed by atoms with Crippen molar-refractivity contribution in [2.24, 2.45) is 0 Å². The summed E-state index contributed by atoms with van der Waals surface area (Å²) in [5, 5.41) is 10.9. The Balaban J connectivity index is 1.19.